The van der Waals surface area contributed by atoms with Gasteiger partial charge in [0.05, 0.1) is 22.5 Å². The number of amides is 1. The number of fused-ring (bicyclic) bond motifs is 1. The Morgan fingerprint density at radius 1 is 1.10 bits per heavy atom. The standard InChI is InChI=1S/C20H13ClF2N4O3/c1-26-9-13(18(28)24-15-8-11(22)4-7-14(15)23)16-17(26)19(29)27(20(30)25-16)12-5-2-10(21)3-6-12/h2-9H,1H3,(H,24,28)(H,25,30). The zero-order valence-corrected chi connectivity index (χ0v) is 16.1. The number of carbonyl (C=O) groups excluding carboxylic acids is 1. The van der Waals surface area contributed by atoms with E-state index in [4.69, 9.17) is 11.6 Å². The number of carbonyl (C=O) groups is 1. The zero-order valence-electron chi connectivity index (χ0n) is 15.4. The van der Waals surface area contributed by atoms with Crippen molar-refractivity contribution < 1.29 is 13.6 Å². The number of H-pyrrole nitrogens is 1. The summed E-state index contributed by atoms with van der Waals surface area (Å²) in [7, 11) is 1.52. The van der Waals surface area contributed by atoms with E-state index in [9.17, 15) is 23.2 Å². The van der Waals surface area contributed by atoms with Crippen molar-refractivity contribution in [1.82, 2.24) is 14.1 Å². The fraction of sp³-hybridized carbons (Fsp3) is 0.0500. The van der Waals surface area contributed by atoms with Gasteiger partial charge in [-0.15, -0.1) is 0 Å². The second kappa shape index (κ2) is 7.27. The second-order valence-corrected chi connectivity index (χ2v) is 6.94. The van der Waals surface area contributed by atoms with Crippen LogP contribution in [0.5, 0.6) is 0 Å². The molecule has 0 aliphatic heterocycles. The Hall–Kier alpha value is -3.72. The minimum absolute atomic E-state index is 0.0213. The molecule has 0 saturated carbocycles. The average Bonchev–Trinajstić information content (AvgIpc) is 3.02. The summed E-state index contributed by atoms with van der Waals surface area (Å²) in [6.07, 6.45) is 1.32. The molecule has 2 heterocycles. The van der Waals surface area contributed by atoms with Crippen LogP contribution in [-0.2, 0) is 7.05 Å². The van der Waals surface area contributed by atoms with Gasteiger partial charge in [0.15, 0.2) is 0 Å². The first-order valence-electron chi connectivity index (χ1n) is 8.63. The normalized spacial score (nSPS) is 11.1. The molecule has 152 valence electrons. The van der Waals surface area contributed by atoms with Crippen LogP contribution in [0.4, 0.5) is 14.5 Å². The van der Waals surface area contributed by atoms with E-state index in [1.54, 1.807) is 0 Å². The Morgan fingerprint density at radius 3 is 2.50 bits per heavy atom. The number of nitrogens with one attached hydrogen (secondary N) is 2. The van der Waals surface area contributed by atoms with E-state index in [1.165, 1.54) is 42.1 Å². The highest BCUT2D eigenvalue weighted by atomic mass is 35.5. The maximum absolute atomic E-state index is 13.9. The summed E-state index contributed by atoms with van der Waals surface area (Å²) in [5, 5.41) is 2.69. The molecule has 2 N–H and O–H groups in total. The van der Waals surface area contributed by atoms with E-state index in [1.807, 2.05) is 0 Å². The summed E-state index contributed by atoms with van der Waals surface area (Å²) >= 11 is 5.85. The second-order valence-electron chi connectivity index (χ2n) is 6.50. The first kappa shape index (κ1) is 19.6. The number of aryl methyl sites for hydroxylation is 1. The number of benzene rings is 2. The Labute approximate surface area is 172 Å². The summed E-state index contributed by atoms with van der Waals surface area (Å²) in [5.41, 5.74) is -1.55. The summed E-state index contributed by atoms with van der Waals surface area (Å²) < 4.78 is 29.5. The minimum atomic E-state index is -0.830. The quantitative estimate of drug-likeness (QED) is 0.523. The number of anilines is 1. The van der Waals surface area contributed by atoms with Crippen LogP contribution < -0.4 is 16.6 Å². The van der Waals surface area contributed by atoms with Gasteiger partial charge in [0.2, 0.25) is 0 Å². The third kappa shape index (κ3) is 3.29. The van der Waals surface area contributed by atoms with Crippen LogP contribution in [0, 0.1) is 11.6 Å². The summed E-state index contributed by atoms with van der Waals surface area (Å²) in [4.78, 5) is 40.8. The number of aromatic nitrogens is 3. The van der Waals surface area contributed by atoms with Gasteiger partial charge < -0.3 is 14.9 Å². The van der Waals surface area contributed by atoms with Crippen LogP contribution in [0.15, 0.2) is 58.3 Å². The fourth-order valence-corrected chi connectivity index (χ4v) is 3.28. The Bertz CT molecular complexity index is 1420. The average molecular weight is 431 g/mol. The molecule has 1 amide bonds. The maximum atomic E-state index is 13.9. The van der Waals surface area contributed by atoms with Crippen LogP contribution in [0.3, 0.4) is 0 Å². The topological polar surface area (TPSA) is 88.9 Å². The first-order chi connectivity index (χ1) is 14.3. The van der Waals surface area contributed by atoms with Crippen LogP contribution >= 0.6 is 11.6 Å². The molecule has 0 radical (unpaired) electrons. The van der Waals surface area contributed by atoms with Crippen molar-refractivity contribution in [3.05, 3.63) is 91.7 Å². The molecule has 10 heteroatoms. The number of hydrogen-bond acceptors (Lipinski definition) is 3. The SMILES string of the molecule is Cn1cc(C(=O)Nc2cc(F)ccc2F)c2[nH]c(=O)n(-c3ccc(Cl)cc3)c(=O)c21. The van der Waals surface area contributed by atoms with Gasteiger partial charge in [-0.25, -0.2) is 18.1 Å². The lowest BCUT2D eigenvalue weighted by Crippen LogP contribution is -2.34. The maximum Gasteiger partial charge on any atom is 0.333 e. The van der Waals surface area contributed by atoms with Gasteiger partial charge in [-0.3, -0.25) is 9.59 Å². The van der Waals surface area contributed by atoms with E-state index in [2.05, 4.69) is 10.3 Å². The van der Waals surface area contributed by atoms with Crippen molar-refractivity contribution in [2.75, 3.05) is 5.32 Å². The van der Waals surface area contributed by atoms with Crippen LogP contribution in [0.2, 0.25) is 5.02 Å². The predicted octanol–water partition coefficient (Wildman–Crippen LogP) is 3.20. The third-order valence-corrected chi connectivity index (χ3v) is 4.78. The largest absolute Gasteiger partial charge is 0.344 e. The molecule has 2 aromatic heterocycles. The van der Waals surface area contributed by atoms with Gasteiger partial charge in [-0.2, -0.15) is 0 Å². The van der Waals surface area contributed by atoms with Crippen molar-refractivity contribution in [2.24, 2.45) is 7.05 Å². The van der Waals surface area contributed by atoms with Gasteiger partial charge in [0.25, 0.3) is 11.5 Å². The van der Waals surface area contributed by atoms with Gasteiger partial charge in [0.1, 0.15) is 17.2 Å². The lowest BCUT2D eigenvalue weighted by molar-refractivity contribution is 0.102. The van der Waals surface area contributed by atoms with Crippen molar-refractivity contribution in [3.8, 4) is 5.69 Å². The Morgan fingerprint density at radius 2 is 1.80 bits per heavy atom. The van der Waals surface area contributed by atoms with E-state index in [0.717, 1.165) is 22.8 Å². The summed E-state index contributed by atoms with van der Waals surface area (Å²) in [5.74, 6) is -2.38. The highest BCUT2D eigenvalue weighted by Gasteiger charge is 2.21. The molecule has 0 fully saturated rings. The van der Waals surface area contributed by atoms with E-state index >= 15 is 0 Å². The molecule has 0 unspecified atom stereocenters. The fourth-order valence-electron chi connectivity index (χ4n) is 3.15. The zero-order chi connectivity index (χ0) is 21.6. The van der Waals surface area contributed by atoms with Crippen LogP contribution in [0.25, 0.3) is 16.7 Å². The van der Waals surface area contributed by atoms with Gasteiger partial charge in [-0.05, 0) is 36.4 Å². The Kier molecular flexibility index (Phi) is 4.75. The summed E-state index contributed by atoms with van der Waals surface area (Å²) in [6.45, 7) is 0. The number of aromatic amines is 1. The lowest BCUT2D eigenvalue weighted by Gasteiger charge is -2.07. The molecule has 7 nitrogen and oxygen atoms in total. The van der Waals surface area contributed by atoms with Gasteiger partial charge >= 0.3 is 5.69 Å². The van der Waals surface area contributed by atoms with Crippen LogP contribution in [-0.4, -0.2) is 20.0 Å². The number of hydrogen-bond donors (Lipinski definition) is 2. The molecular formula is C20H13ClF2N4O3. The summed E-state index contributed by atoms with van der Waals surface area (Å²) in [6, 6.07) is 8.70. The number of halogens is 3. The van der Waals surface area contributed by atoms with Crippen molar-refractivity contribution in [3.63, 3.8) is 0 Å². The van der Waals surface area contributed by atoms with E-state index in [0.29, 0.717) is 10.7 Å². The molecule has 4 rings (SSSR count). The highest BCUT2D eigenvalue weighted by Crippen LogP contribution is 2.20. The third-order valence-electron chi connectivity index (χ3n) is 4.53. The van der Waals surface area contributed by atoms with E-state index < -0.39 is 28.8 Å². The van der Waals surface area contributed by atoms with Gasteiger partial charge in [-0.1, -0.05) is 11.6 Å². The molecule has 0 bridgehead atoms. The molecule has 4 aromatic rings. The molecule has 0 aliphatic rings. The van der Waals surface area contributed by atoms with Crippen LogP contribution in [0.1, 0.15) is 10.4 Å². The smallest absolute Gasteiger partial charge is 0.333 e. The number of nitrogens with zero attached hydrogens (tertiary/aromatic N) is 2. The minimum Gasteiger partial charge on any atom is -0.344 e. The Balaban J connectivity index is 1.85. The van der Waals surface area contributed by atoms with Crippen molar-refractivity contribution >= 4 is 34.2 Å². The lowest BCUT2D eigenvalue weighted by atomic mass is 10.2. The highest BCUT2D eigenvalue weighted by molar-refractivity contribution is 6.30. The molecule has 0 saturated heterocycles. The number of rotatable bonds is 3. The molecule has 0 aliphatic carbocycles. The molecule has 0 spiro atoms. The molecular weight excluding hydrogens is 418 g/mol. The first-order valence-corrected chi connectivity index (χ1v) is 9.01. The van der Waals surface area contributed by atoms with E-state index in [-0.39, 0.29) is 22.3 Å². The molecule has 30 heavy (non-hydrogen) atoms. The molecule has 0 atom stereocenters. The predicted molar refractivity (Wildman–Crippen MR) is 108 cm³/mol. The van der Waals surface area contributed by atoms with Gasteiger partial charge in [0, 0.05) is 24.3 Å². The van der Waals surface area contributed by atoms with Crippen molar-refractivity contribution in [1.29, 1.82) is 0 Å². The van der Waals surface area contributed by atoms with Crippen molar-refractivity contribution in [2.45, 2.75) is 0 Å². The molecule has 2 aromatic carbocycles. The monoisotopic (exact) mass is 430 g/mol.